The maximum absolute atomic E-state index is 5.49. The number of rotatable bonds is 3. The van der Waals surface area contributed by atoms with Crippen molar-refractivity contribution in [2.24, 2.45) is 0 Å². The smallest absolute Gasteiger partial charge is 0.0620 e. The summed E-state index contributed by atoms with van der Waals surface area (Å²) in [5.74, 6) is 0. The van der Waals surface area contributed by atoms with Crippen molar-refractivity contribution in [1.82, 2.24) is 10.2 Å². The van der Waals surface area contributed by atoms with Gasteiger partial charge >= 0.3 is 0 Å². The third-order valence-corrected chi connectivity index (χ3v) is 3.74. The standard InChI is InChI=1S/C13H26N2O/c1-2-4-8-15(9-5-3-1)10-6-13-12-16-11-7-14-13/h13-14H,1-12H2. The van der Waals surface area contributed by atoms with Gasteiger partial charge in [-0.2, -0.15) is 0 Å². The Labute approximate surface area is 99.5 Å². The highest BCUT2D eigenvalue weighted by Gasteiger charge is 2.15. The van der Waals surface area contributed by atoms with Crippen molar-refractivity contribution >= 4 is 0 Å². The first-order valence-electron chi connectivity index (χ1n) is 6.98. The monoisotopic (exact) mass is 226 g/mol. The molecule has 2 fully saturated rings. The summed E-state index contributed by atoms with van der Waals surface area (Å²) in [6.45, 7) is 6.71. The number of morpholine rings is 1. The van der Waals surface area contributed by atoms with Crippen LogP contribution in [-0.4, -0.2) is 50.3 Å². The number of nitrogens with one attached hydrogen (secondary N) is 1. The normalized spacial score (nSPS) is 29.6. The van der Waals surface area contributed by atoms with Gasteiger partial charge in [-0.3, -0.25) is 0 Å². The average molecular weight is 226 g/mol. The molecular weight excluding hydrogens is 200 g/mol. The van der Waals surface area contributed by atoms with Crippen molar-refractivity contribution in [2.45, 2.75) is 44.6 Å². The topological polar surface area (TPSA) is 24.5 Å². The van der Waals surface area contributed by atoms with Gasteiger partial charge in [-0.15, -0.1) is 0 Å². The van der Waals surface area contributed by atoms with Crippen LogP contribution < -0.4 is 5.32 Å². The highest BCUT2D eigenvalue weighted by molar-refractivity contribution is 4.72. The second-order valence-corrected chi connectivity index (χ2v) is 5.12. The molecule has 2 aliphatic rings. The lowest BCUT2D eigenvalue weighted by Gasteiger charge is -2.28. The van der Waals surface area contributed by atoms with Gasteiger partial charge in [-0.25, -0.2) is 0 Å². The van der Waals surface area contributed by atoms with E-state index in [2.05, 4.69) is 10.2 Å². The Bertz CT molecular complexity index is 173. The quantitative estimate of drug-likeness (QED) is 0.791. The van der Waals surface area contributed by atoms with Gasteiger partial charge in [-0.05, 0) is 38.9 Å². The van der Waals surface area contributed by atoms with E-state index in [-0.39, 0.29) is 0 Å². The van der Waals surface area contributed by atoms with E-state index in [4.69, 9.17) is 4.74 Å². The van der Waals surface area contributed by atoms with Crippen LogP contribution >= 0.6 is 0 Å². The first kappa shape index (κ1) is 12.3. The molecule has 0 spiro atoms. The first-order chi connectivity index (χ1) is 7.95. The van der Waals surface area contributed by atoms with Crippen molar-refractivity contribution in [2.75, 3.05) is 39.4 Å². The molecule has 3 nitrogen and oxygen atoms in total. The molecule has 2 saturated heterocycles. The molecule has 1 atom stereocenters. The van der Waals surface area contributed by atoms with Gasteiger partial charge in [-0.1, -0.05) is 19.3 Å². The molecule has 1 N–H and O–H groups in total. The maximum atomic E-state index is 5.49. The van der Waals surface area contributed by atoms with Crippen molar-refractivity contribution in [1.29, 1.82) is 0 Å². The minimum atomic E-state index is 0.596. The van der Waals surface area contributed by atoms with Crippen molar-refractivity contribution in [3.63, 3.8) is 0 Å². The van der Waals surface area contributed by atoms with Gasteiger partial charge in [0.05, 0.1) is 13.2 Å². The lowest BCUT2D eigenvalue weighted by molar-refractivity contribution is 0.0695. The number of ether oxygens (including phenoxy) is 1. The summed E-state index contributed by atoms with van der Waals surface area (Å²) in [5.41, 5.74) is 0. The van der Waals surface area contributed by atoms with Gasteiger partial charge in [0.15, 0.2) is 0 Å². The minimum Gasteiger partial charge on any atom is -0.379 e. The molecule has 2 rings (SSSR count). The number of likely N-dealkylation sites (tertiary alicyclic amines) is 1. The van der Waals surface area contributed by atoms with Crippen molar-refractivity contribution in [3.05, 3.63) is 0 Å². The minimum absolute atomic E-state index is 0.596. The number of hydrogen-bond acceptors (Lipinski definition) is 3. The zero-order valence-electron chi connectivity index (χ0n) is 10.4. The third-order valence-electron chi connectivity index (χ3n) is 3.74. The van der Waals surface area contributed by atoms with Gasteiger partial charge in [0.2, 0.25) is 0 Å². The third kappa shape index (κ3) is 4.40. The molecule has 0 amide bonds. The highest BCUT2D eigenvalue weighted by Crippen LogP contribution is 2.11. The van der Waals surface area contributed by atoms with Crippen LogP contribution in [0.2, 0.25) is 0 Å². The SMILES string of the molecule is C1CCCN(CCC2COCCN2)CCC1. The fourth-order valence-corrected chi connectivity index (χ4v) is 2.68. The van der Waals surface area contributed by atoms with E-state index in [1.165, 1.54) is 58.2 Å². The van der Waals surface area contributed by atoms with Gasteiger partial charge in [0.1, 0.15) is 0 Å². The fourth-order valence-electron chi connectivity index (χ4n) is 2.68. The molecule has 0 aromatic rings. The number of hydrogen-bond donors (Lipinski definition) is 1. The van der Waals surface area contributed by atoms with E-state index in [0.29, 0.717) is 6.04 Å². The van der Waals surface area contributed by atoms with Crippen LogP contribution in [0.25, 0.3) is 0 Å². The van der Waals surface area contributed by atoms with Gasteiger partial charge in [0.25, 0.3) is 0 Å². The van der Waals surface area contributed by atoms with E-state index < -0.39 is 0 Å². The molecule has 16 heavy (non-hydrogen) atoms. The first-order valence-corrected chi connectivity index (χ1v) is 6.98. The molecule has 1 unspecified atom stereocenters. The van der Waals surface area contributed by atoms with Crippen LogP contribution in [0.1, 0.15) is 38.5 Å². The lowest BCUT2D eigenvalue weighted by Crippen LogP contribution is -2.43. The Morgan fingerprint density at radius 1 is 1.06 bits per heavy atom. The zero-order chi connectivity index (χ0) is 11.1. The molecule has 0 radical (unpaired) electrons. The van der Waals surface area contributed by atoms with E-state index in [1.807, 2.05) is 0 Å². The summed E-state index contributed by atoms with van der Waals surface area (Å²) >= 11 is 0. The molecule has 0 aliphatic carbocycles. The van der Waals surface area contributed by atoms with Gasteiger partial charge < -0.3 is 15.0 Å². The Kier molecular flexibility index (Phi) is 5.59. The second kappa shape index (κ2) is 7.25. The summed E-state index contributed by atoms with van der Waals surface area (Å²) in [5, 5.41) is 3.53. The molecule has 0 aromatic heterocycles. The lowest BCUT2D eigenvalue weighted by atomic mass is 10.1. The average Bonchev–Trinajstić information content (AvgIpc) is 2.29. The Morgan fingerprint density at radius 2 is 1.81 bits per heavy atom. The van der Waals surface area contributed by atoms with Crippen LogP contribution in [0.4, 0.5) is 0 Å². The Balaban J connectivity index is 1.62. The second-order valence-electron chi connectivity index (χ2n) is 5.12. The van der Waals surface area contributed by atoms with E-state index in [1.54, 1.807) is 0 Å². The zero-order valence-corrected chi connectivity index (χ0v) is 10.4. The molecule has 2 heterocycles. The number of nitrogens with zero attached hydrogens (tertiary/aromatic N) is 1. The van der Waals surface area contributed by atoms with Crippen LogP contribution in [-0.2, 0) is 4.74 Å². The predicted octanol–water partition coefficient (Wildman–Crippen LogP) is 1.63. The highest BCUT2D eigenvalue weighted by atomic mass is 16.5. The molecule has 0 bridgehead atoms. The maximum Gasteiger partial charge on any atom is 0.0620 e. The van der Waals surface area contributed by atoms with E-state index in [9.17, 15) is 0 Å². The van der Waals surface area contributed by atoms with E-state index in [0.717, 1.165) is 19.8 Å². The predicted molar refractivity (Wildman–Crippen MR) is 66.8 cm³/mol. The van der Waals surface area contributed by atoms with Crippen molar-refractivity contribution < 1.29 is 4.74 Å². The summed E-state index contributed by atoms with van der Waals surface area (Å²) in [7, 11) is 0. The summed E-state index contributed by atoms with van der Waals surface area (Å²) < 4.78 is 5.49. The Morgan fingerprint density at radius 3 is 2.50 bits per heavy atom. The van der Waals surface area contributed by atoms with Crippen LogP contribution in [0.15, 0.2) is 0 Å². The van der Waals surface area contributed by atoms with Crippen LogP contribution in [0.3, 0.4) is 0 Å². The molecular formula is C13H26N2O. The van der Waals surface area contributed by atoms with E-state index >= 15 is 0 Å². The van der Waals surface area contributed by atoms with Crippen LogP contribution in [0, 0.1) is 0 Å². The molecule has 2 aliphatic heterocycles. The largest absolute Gasteiger partial charge is 0.379 e. The molecule has 3 heteroatoms. The fraction of sp³-hybridized carbons (Fsp3) is 1.00. The van der Waals surface area contributed by atoms with Crippen molar-refractivity contribution in [3.8, 4) is 0 Å². The summed E-state index contributed by atoms with van der Waals surface area (Å²) in [6, 6.07) is 0.596. The Hall–Kier alpha value is -0.120. The van der Waals surface area contributed by atoms with Crippen LogP contribution in [0.5, 0.6) is 0 Å². The molecule has 0 aromatic carbocycles. The molecule has 0 saturated carbocycles. The summed E-state index contributed by atoms with van der Waals surface area (Å²) in [4.78, 5) is 2.65. The molecule has 94 valence electrons. The van der Waals surface area contributed by atoms with Gasteiger partial charge in [0, 0.05) is 12.6 Å². The summed E-state index contributed by atoms with van der Waals surface area (Å²) in [6.07, 6.45) is 8.36.